The monoisotopic (exact) mass is 482 g/mol. The quantitative estimate of drug-likeness (QED) is 0.266. The van der Waals surface area contributed by atoms with Gasteiger partial charge in [-0.15, -0.1) is 0 Å². The Morgan fingerprint density at radius 3 is 1.50 bits per heavy atom. The van der Waals surface area contributed by atoms with Crippen LogP contribution in [0.2, 0.25) is 0 Å². The Bertz CT molecular complexity index is 1310. The fraction of sp³-hybridized carbons (Fsp3) is 0.194. The highest BCUT2D eigenvalue weighted by Crippen LogP contribution is 2.30. The second-order valence-corrected chi connectivity index (χ2v) is 9.72. The van der Waals surface area contributed by atoms with Gasteiger partial charge >= 0.3 is 0 Å². The van der Waals surface area contributed by atoms with Crippen molar-refractivity contribution >= 4 is 5.78 Å². The minimum Gasteiger partial charge on any atom is -0.508 e. The number of ketones is 1. The molecule has 4 rings (SSSR count). The summed E-state index contributed by atoms with van der Waals surface area (Å²) in [5.41, 5.74) is 1.32. The number of benzene rings is 4. The maximum absolute atomic E-state index is 13.0. The lowest BCUT2D eigenvalue weighted by Crippen LogP contribution is -2.25. The molecule has 0 bridgehead atoms. The van der Waals surface area contributed by atoms with Gasteiger partial charge in [0, 0.05) is 11.1 Å². The molecule has 0 heterocycles. The summed E-state index contributed by atoms with van der Waals surface area (Å²) in [5, 5.41) is 19.6. The highest BCUT2D eigenvalue weighted by molar-refractivity contribution is 6.09. The fourth-order valence-corrected chi connectivity index (χ4v) is 3.80. The second-order valence-electron chi connectivity index (χ2n) is 9.72. The predicted molar refractivity (Wildman–Crippen MR) is 140 cm³/mol. The van der Waals surface area contributed by atoms with Crippen LogP contribution in [0, 0.1) is 0 Å². The van der Waals surface area contributed by atoms with E-state index in [4.69, 9.17) is 9.47 Å². The first-order valence-corrected chi connectivity index (χ1v) is 11.8. The first-order valence-electron chi connectivity index (χ1n) is 11.8. The van der Waals surface area contributed by atoms with E-state index >= 15 is 0 Å². The molecule has 0 amide bonds. The van der Waals surface area contributed by atoms with E-state index in [9.17, 15) is 15.0 Å². The summed E-state index contributed by atoms with van der Waals surface area (Å²) < 4.78 is 12.0. The van der Waals surface area contributed by atoms with Crippen molar-refractivity contribution in [2.24, 2.45) is 0 Å². The second kappa shape index (κ2) is 9.88. The van der Waals surface area contributed by atoms with E-state index in [1.54, 1.807) is 86.6 Å². The Labute approximate surface area is 211 Å². The number of carbonyl (C=O) groups excluding carboxylic acids is 1. The molecule has 0 unspecified atom stereocenters. The molecule has 0 aromatic heterocycles. The molecule has 4 aromatic rings. The molecule has 0 saturated heterocycles. The van der Waals surface area contributed by atoms with Gasteiger partial charge in [-0.05, 0) is 112 Å². The summed E-state index contributed by atoms with van der Waals surface area (Å²) in [6, 6.07) is 28.2. The Hall–Kier alpha value is -4.09. The van der Waals surface area contributed by atoms with Gasteiger partial charge in [-0.25, -0.2) is 0 Å². The molecule has 0 saturated carbocycles. The van der Waals surface area contributed by atoms with Crippen molar-refractivity contribution in [3.8, 4) is 23.0 Å². The average molecular weight is 483 g/mol. The van der Waals surface area contributed by atoms with E-state index in [0.717, 1.165) is 11.1 Å². The molecular formula is C31H30O5. The molecule has 0 spiro atoms. The average Bonchev–Trinajstić information content (AvgIpc) is 2.84. The number of hydrogen-bond acceptors (Lipinski definition) is 5. The summed E-state index contributed by atoms with van der Waals surface area (Å²) in [5.74, 6) is 2.01. The molecule has 0 radical (unpaired) electrons. The zero-order valence-electron chi connectivity index (χ0n) is 20.9. The van der Waals surface area contributed by atoms with Crippen LogP contribution in [0.15, 0.2) is 97.1 Å². The SMILES string of the molecule is CC(C)(O)c1ccc(Oc2ccc(C(=O)c3ccc(OC(C)(C)c4ccc(O)cc4)cc3)cc2)cc1. The normalized spacial score (nSPS) is 11.7. The molecule has 36 heavy (non-hydrogen) atoms. The number of phenolic OH excluding ortho intramolecular Hbond substituents is 1. The smallest absolute Gasteiger partial charge is 0.193 e. The molecule has 0 aliphatic rings. The number of carbonyl (C=O) groups is 1. The Morgan fingerprint density at radius 1 is 0.611 bits per heavy atom. The molecular weight excluding hydrogens is 452 g/mol. The minimum atomic E-state index is -0.909. The van der Waals surface area contributed by atoms with Crippen LogP contribution in [0.25, 0.3) is 0 Å². The van der Waals surface area contributed by atoms with Gasteiger partial charge < -0.3 is 19.7 Å². The lowest BCUT2D eigenvalue weighted by atomic mass is 9.97. The Morgan fingerprint density at radius 2 is 1.03 bits per heavy atom. The van der Waals surface area contributed by atoms with E-state index < -0.39 is 11.2 Å². The van der Waals surface area contributed by atoms with E-state index in [2.05, 4.69) is 0 Å². The molecule has 2 N–H and O–H groups in total. The van der Waals surface area contributed by atoms with Crippen molar-refractivity contribution in [2.45, 2.75) is 38.9 Å². The number of hydrogen-bond donors (Lipinski definition) is 2. The van der Waals surface area contributed by atoms with Crippen molar-refractivity contribution in [1.29, 1.82) is 0 Å². The van der Waals surface area contributed by atoms with Crippen LogP contribution in [0.5, 0.6) is 23.0 Å². The molecule has 0 aliphatic carbocycles. The summed E-state index contributed by atoms with van der Waals surface area (Å²) in [4.78, 5) is 13.0. The maximum atomic E-state index is 13.0. The fourth-order valence-electron chi connectivity index (χ4n) is 3.80. The van der Waals surface area contributed by atoms with Gasteiger partial charge in [-0.1, -0.05) is 24.3 Å². The standard InChI is InChI=1S/C31H30O5/c1-30(2,34)23-11-19-27(20-12-23)35-26-15-5-21(6-16-26)29(33)22-7-17-28(18-8-22)36-31(3,4)24-9-13-25(32)14-10-24/h5-20,32,34H,1-4H3. The van der Waals surface area contributed by atoms with Gasteiger partial charge in [-0.3, -0.25) is 4.79 Å². The number of rotatable bonds is 8. The van der Waals surface area contributed by atoms with Crippen LogP contribution in [0.1, 0.15) is 54.7 Å². The van der Waals surface area contributed by atoms with Crippen LogP contribution < -0.4 is 9.47 Å². The number of ether oxygens (including phenoxy) is 2. The highest BCUT2D eigenvalue weighted by atomic mass is 16.5. The molecule has 5 nitrogen and oxygen atoms in total. The van der Waals surface area contributed by atoms with Crippen molar-refractivity contribution < 1.29 is 24.5 Å². The van der Waals surface area contributed by atoms with Gasteiger partial charge in [0.15, 0.2) is 5.78 Å². The van der Waals surface area contributed by atoms with Gasteiger partial charge in [0.2, 0.25) is 0 Å². The highest BCUT2D eigenvalue weighted by Gasteiger charge is 2.23. The summed E-state index contributed by atoms with van der Waals surface area (Å²) in [6.07, 6.45) is 0. The lowest BCUT2D eigenvalue weighted by Gasteiger charge is -2.27. The van der Waals surface area contributed by atoms with Gasteiger partial charge in [-0.2, -0.15) is 0 Å². The van der Waals surface area contributed by atoms with E-state index in [1.165, 1.54) is 0 Å². The summed E-state index contributed by atoms with van der Waals surface area (Å²) in [7, 11) is 0. The lowest BCUT2D eigenvalue weighted by molar-refractivity contribution is 0.0785. The maximum Gasteiger partial charge on any atom is 0.193 e. The third-order valence-corrected chi connectivity index (χ3v) is 5.96. The molecule has 0 atom stereocenters. The summed E-state index contributed by atoms with van der Waals surface area (Å²) in [6.45, 7) is 7.36. The number of phenols is 1. The Kier molecular flexibility index (Phi) is 6.86. The molecule has 184 valence electrons. The third-order valence-electron chi connectivity index (χ3n) is 5.96. The van der Waals surface area contributed by atoms with E-state index in [1.807, 2.05) is 38.1 Å². The Balaban J connectivity index is 1.40. The van der Waals surface area contributed by atoms with Crippen molar-refractivity contribution in [3.05, 3.63) is 119 Å². The van der Waals surface area contributed by atoms with Crippen LogP contribution >= 0.6 is 0 Å². The molecule has 5 heteroatoms. The largest absolute Gasteiger partial charge is 0.508 e. The van der Waals surface area contributed by atoms with Crippen molar-refractivity contribution in [2.75, 3.05) is 0 Å². The molecule has 0 fully saturated rings. The van der Waals surface area contributed by atoms with E-state index in [0.29, 0.717) is 28.4 Å². The molecule has 0 aliphatic heterocycles. The van der Waals surface area contributed by atoms with Gasteiger partial charge in [0.05, 0.1) is 5.60 Å². The molecule has 4 aromatic carbocycles. The van der Waals surface area contributed by atoms with Crippen molar-refractivity contribution in [1.82, 2.24) is 0 Å². The van der Waals surface area contributed by atoms with Crippen molar-refractivity contribution in [3.63, 3.8) is 0 Å². The van der Waals surface area contributed by atoms with Crippen LogP contribution in [0.3, 0.4) is 0 Å². The first-order chi connectivity index (χ1) is 17.0. The number of aromatic hydroxyl groups is 1. The number of aliphatic hydroxyl groups is 1. The van der Waals surface area contributed by atoms with Crippen LogP contribution in [0.4, 0.5) is 0 Å². The minimum absolute atomic E-state index is 0.0968. The van der Waals surface area contributed by atoms with E-state index in [-0.39, 0.29) is 11.5 Å². The van der Waals surface area contributed by atoms with Crippen LogP contribution in [-0.2, 0) is 11.2 Å². The zero-order chi connectivity index (χ0) is 25.9. The predicted octanol–water partition coefficient (Wildman–Crippen LogP) is 6.96. The first kappa shape index (κ1) is 25.0. The van der Waals surface area contributed by atoms with Crippen LogP contribution in [-0.4, -0.2) is 16.0 Å². The van der Waals surface area contributed by atoms with Gasteiger partial charge in [0.25, 0.3) is 0 Å². The van der Waals surface area contributed by atoms with Gasteiger partial charge in [0.1, 0.15) is 28.6 Å². The third kappa shape index (κ3) is 5.93. The topological polar surface area (TPSA) is 76.0 Å². The summed E-state index contributed by atoms with van der Waals surface area (Å²) >= 11 is 0. The zero-order valence-corrected chi connectivity index (χ0v) is 20.9.